The van der Waals surface area contributed by atoms with Crippen molar-refractivity contribution in [1.82, 2.24) is 4.90 Å². The van der Waals surface area contributed by atoms with E-state index in [1.165, 1.54) is 27.9 Å². The molecule has 0 aliphatic carbocycles. The fraction of sp³-hybridized carbons (Fsp3) is 0.259. The predicted octanol–water partition coefficient (Wildman–Crippen LogP) is 5.82. The minimum Gasteiger partial charge on any atom is -0.506 e. The zero-order valence-electron chi connectivity index (χ0n) is 18.1. The first-order valence-corrected chi connectivity index (χ1v) is 11.1. The zero-order valence-corrected chi connectivity index (χ0v) is 18.9. The van der Waals surface area contributed by atoms with E-state index in [9.17, 15) is 5.11 Å². The summed E-state index contributed by atoms with van der Waals surface area (Å²) in [5, 5.41) is 10.7. The lowest BCUT2D eigenvalue weighted by Crippen LogP contribution is -2.29. The highest BCUT2D eigenvalue weighted by Gasteiger charge is 2.25. The van der Waals surface area contributed by atoms with E-state index in [0.29, 0.717) is 5.02 Å². The topological polar surface area (TPSA) is 26.7 Å². The van der Waals surface area contributed by atoms with Crippen LogP contribution in [0.2, 0.25) is 5.02 Å². The van der Waals surface area contributed by atoms with E-state index >= 15 is 0 Å². The molecule has 0 aromatic heterocycles. The summed E-state index contributed by atoms with van der Waals surface area (Å²) >= 11 is 6.23. The first-order chi connectivity index (χ1) is 15.0. The molecule has 1 heterocycles. The Hall–Kier alpha value is -2.75. The monoisotopic (exact) mass is 432 g/mol. The van der Waals surface area contributed by atoms with Gasteiger partial charge in [-0.15, -0.1) is 0 Å². The lowest BCUT2D eigenvalue weighted by molar-refractivity contribution is 0.306. The second-order valence-corrected chi connectivity index (χ2v) is 8.77. The van der Waals surface area contributed by atoms with Crippen LogP contribution in [0.25, 0.3) is 6.08 Å². The van der Waals surface area contributed by atoms with Gasteiger partial charge in [-0.1, -0.05) is 66.2 Å². The van der Waals surface area contributed by atoms with Gasteiger partial charge in [0.2, 0.25) is 0 Å². The molecular weight excluding hydrogens is 404 g/mol. The number of hydrogen-bond acceptors (Lipinski definition) is 3. The maximum Gasteiger partial charge on any atom is 0.134 e. The number of rotatable bonds is 5. The summed E-state index contributed by atoms with van der Waals surface area (Å²) in [6.45, 7) is 2.75. The lowest BCUT2D eigenvalue weighted by Gasteiger charge is -2.24. The minimum atomic E-state index is 0.163. The Morgan fingerprint density at radius 1 is 1.06 bits per heavy atom. The van der Waals surface area contributed by atoms with Crippen LogP contribution in [0.3, 0.4) is 0 Å². The molecule has 31 heavy (non-hydrogen) atoms. The maximum absolute atomic E-state index is 10.3. The molecule has 0 fully saturated rings. The number of nitrogens with zero attached hydrogens (tertiary/aromatic N) is 2. The third kappa shape index (κ3) is 5.12. The van der Waals surface area contributed by atoms with E-state index < -0.39 is 0 Å². The summed E-state index contributed by atoms with van der Waals surface area (Å²) in [4.78, 5) is 4.59. The molecule has 3 nitrogen and oxygen atoms in total. The summed E-state index contributed by atoms with van der Waals surface area (Å²) in [6.07, 6.45) is 5.36. The minimum absolute atomic E-state index is 0.163. The molecule has 4 rings (SSSR count). The number of phenols is 1. The fourth-order valence-corrected chi connectivity index (χ4v) is 4.43. The highest BCUT2D eigenvalue weighted by Crippen LogP contribution is 2.36. The third-order valence-corrected chi connectivity index (χ3v) is 6.31. The van der Waals surface area contributed by atoms with Crippen LogP contribution in [0.15, 0.2) is 72.8 Å². The van der Waals surface area contributed by atoms with Crippen molar-refractivity contribution < 1.29 is 5.11 Å². The third-order valence-electron chi connectivity index (χ3n) is 6.01. The molecular formula is C27H29ClN2O. The van der Waals surface area contributed by atoms with E-state index in [1.807, 2.05) is 18.2 Å². The van der Waals surface area contributed by atoms with Crippen LogP contribution in [0.4, 0.5) is 5.69 Å². The maximum atomic E-state index is 10.3. The van der Waals surface area contributed by atoms with Crippen LogP contribution in [0, 0.1) is 0 Å². The van der Waals surface area contributed by atoms with Gasteiger partial charge in [-0.2, -0.15) is 0 Å². The van der Waals surface area contributed by atoms with Crippen LogP contribution < -0.4 is 4.90 Å². The summed E-state index contributed by atoms with van der Waals surface area (Å²) in [7, 11) is 4.11. The summed E-state index contributed by atoms with van der Waals surface area (Å²) in [5.74, 6) is 0.366. The molecule has 3 aromatic rings. The number of anilines is 1. The average Bonchev–Trinajstić information content (AvgIpc) is 2.95. The molecule has 3 aromatic carbocycles. The fourth-order valence-electron chi connectivity index (χ4n) is 4.24. The van der Waals surface area contributed by atoms with E-state index in [4.69, 9.17) is 11.6 Å². The van der Waals surface area contributed by atoms with Crippen molar-refractivity contribution in [3.05, 3.63) is 100 Å². The van der Waals surface area contributed by atoms with Crippen molar-refractivity contribution in [2.45, 2.75) is 12.3 Å². The Kier molecular flexibility index (Phi) is 6.64. The van der Waals surface area contributed by atoms with E-state index in [2.05, 4.69) is 84.6 Å². The van der Waals surface area contributed by atoms with Crippen molar-refractivity contribution in [3.63, 3.8) is 0 Å². The van der Waals surface area contributed by atoms with Crippen LogP contribution in [-0.2, 0) is 6.42 Å². The first-order valence-electron chi connectivity index (χ1n) is 10.7. The van der Waals surface area contributed by atoms with E-state index in [-0.39, 0.29) is 11.7 Å². The highest BCUT2D eigenvalue weighted by atomic mass is 35.5. The van der Waals surface area contributed by atoms with Crippen molar-refractivity contribution in [3.8, 4) is 5.75 Å². The van der Waals surface area contributed by atoms with Gasteiger partial charge in [-0.05, 0) is 52.9 Å². The molecule has 4 heteroatoms. The van der Waals surface area contributed by atoms with Crippen molar-refractivity contribution in [2.75, 3.05) is 38.6 Å². The van der Waals surface area contributed by atoms with Crippen molar-refractivity contribution >= 4 is 23.4 Å². The van der Waals surface area contributed by atoms with Crippen molar-refractivity contribution in [2.24, 2.45) is 0 Å². The largest absolute Gasteiger partial charge is 0.506 e. The van der Waals surface area contributed by atoms with Gasteiger partial charge in [0.05, 0.1) is 5.02 Å². The van der Waals surface area contributed by atoms with Crippen molar-refractivity contribution in [1.29, 1.82) is 0 Å². The van der Waals surface area contributed by atoms with Gasteiger partial charge in [0.25, 0.3) is 0 Å². The normalized spacial score (nSPS) is 16.8. The molecule has 0 bridgehead atoms. The first kappa shape index (κ1) is 21.5. The quantitative estimate of drug-likeness (QED) is 0.550. The molecule has 0 saturated carbocycles. The summed E-state index contributed by atoms with van der Waals surface area (Å²) in [5.41, 5.74) is 6.08. The van der Waals surface area contributed by atoms with Crippen LogP contribution in [-0.4, -0.2) is 43.7 Å². The average molecular weight is 433 g/mol. The van der Waals surface area contributed by atoms with Crippen LogP contribution >= 0.6 is 11.6 Å². The van der Waals surface area contributed by atoms with Gasteiger partial charge in [0, 0.05) is 45.3 Å². The van der Waals surface area contributed by atoms with Gasteiger partial charge in [-0.25, -0.2) is 0 Å². The smallest absolute Gasteiger partial charge is 0.134 e. The number of hydrogen-bond donors (Lipinski definition) is 1. The molecule has 1 aliphatic heterocycles. The Balaban J connectivity index is 1.54. The molecule has 0 spiro atoms. The number of fused-ring (bicyclic) bond motifs is 1. The molecule has 160 valence electrons. The van der Waals surface area contributed by atoms with Crippen LogP contribution in [0.5, 0.6) is 5.75 Å². The van der Waals surface area contributed by atoms with Gasteiger partial charge in [-0.3, -0.25) is 4.90 Å². The summed E-state index contributed by atoms with van der Waals surface area (Å²) in [6, 6.07) is 22.9. The van der Waals surface area contributed by atoms with Crippen LogP contribution in [0.1, 0.15) is 28.2 Å². The Labute approximate surface area is 190 Å². The predicted molar refractivity (Wildman–Crippen MR) is 131 cm³/mol. The number of halogens is 1. The molecule has 0 unspecified atom stereocenters. The molecule has 1 N–H and O–H groups in total. The van der Waals surface area contributed by atoms with Gasteiger partial charge < -0.3 is 10.0 Å². The van der Waals surface area contributed by atoms with Gasteiger partial charge >= 0.3 is 0 Å². The molecule has 1 atom stereocenters. The lowest BCUT2D eigenvalue weighted by atomic mass is 9.88. The SMILES string of the molecule is CN(C)c1ccc(/C=C/CN2CCc3cc(Cl)c(O)cc3[C@H](c3ccccc3)C2)cc1. The Bertz CT molecular complexity index is 1040. The number of aromatic hydroxyl groups is 1. The Morgan fingerprint density at radius 2 is 1.81 bits per heavy atom. The highest BCUT2D eigenvalue weighted by molar-refractivity contribution is 6.32. The van der Waals surface area contributed by atoms with E-state index in [1.54, 1.807) is 0 Å². The molecule has 1 aliphatic rings. The molecule has 0 saturated heterocycles. The van der Waals surface area contributed by atoms with Gasteiger partial charge in [0.15, 0.2) is 0 Å². The zero-order chi connectivity index (χ0) is 21.8. The second-order valence-electron chi connectivity index (χ2n) is 8.36. The van der Waals surface area contributed by atoms with E-state index in [0.717, 1.165) is 26.1 Å². The Morgan fingerprint density at radius 3 is 2.52 bits per heavy atom. The number of benzene rings is 3. The second kappa shape index (κ2) is 9.59. The molecule has 0 amide bonds. The molecule has 0 radical (unpaired) electrons. The van der Waals surface area contributed by atoms with Gasteiger partial charge in [0.1, 0.15) is 5.75 Å². The number of phenolic OH excluding ortho intramolecular Hbond substituents is 1. The summed E-state index contributed by atoms with van der Waals surface area (Å²) < 4.78 is 0. The standard InChI is InChI=1S/C27H29ClN2O/c1-29(2)23-12-10-20(11-13-23)7-6-15-30-16-14-22-17-26(28)27(31)18-24(22)25(19-30)21-8-4-3-5-9-21/h3-13,17-18,25,31H,14-16,19H2,1-2H3/b7-6+/t25-/m0/s1.